The van der Waals surface area contributed by atoms with E-state index in [0.717, 1.165) is 31.3 Å². The Bertz CT molecular complexity index is 682. The second-order valence-electron chi connectivity index (χ2n) is 6.12. The fourth-order valence-electron chi connectivity index (χ4n) is 3.37. The molecule has 8 heteroatoms. The maximum Gasteiger partial charge on any atom is 0.249 e. The molecule has 2 saturated heterocycles. The van der Waals surface area contributed by atoms with Crippen molar-refractivity contribution in [2.75, 3.05) is 19.7 Å². The Labute approximate surface area is 134 Å². The number of H-pyrrole nitrogens is 1. The first-order valence-corrected chi connectivity index (χ1v) is 7.78. The first-order chi connectivity index (χ1) is 11.2. The number of nitrogens with one attached hydrogen (secondary N) is 1. The SMILES string of the molecule is Cn1ccnc1CN1C(=O)CO[C@H]2CN(Cc3ncc[nH]3)C[C@H]21. The van der Waals surface area contributed by atoms with Crippen LogP contribution in [0, 0.1) is 0 Å². The van der Waals surface area contributed by atoms with E-state index in [1.165, 1.54) is 0 Å². The third-order valence-electron chi connectivity index (χ3n) is 4.62. The molecule has 1 N–H and O–H groups in total. The molecule has 0 spiro atoms. The topological polar surface area (TPSA) is 79.3 Å². The van der Waals surface area contributed by atoms with Crippen molar-refractivity contribution in [2.45, 2.75) is 25.2 Å². The Morgan fingerprint density at radius 1 is 1.30 bits per heavy atom. The average molecular weight is 316 g/mol. The fraction of sp³-hybridized carbons (Fsp3) is 0.533. The van der Waals surface area contributed by atoms with Gasteiger partial charge in [0.1, 0.15) is 18.3 Å². The number of aromatic amines is 1. The van der Waals surface area contributed by atoms with Crippen LogP contribution in [0.3, 0.4) is 0 Å². The van der Waals surface area contributed by atoms with E-state index in [2.05, 4.69) is 19.9 Å². The van der Waals surface area contributed by atoms with E-state index < -0.39 is 0 Å². The third-order valence-corrected chi connectivity index (χ3v) is 4.62. The van der Waals surface area contributed by atoms with Crippen LogP contribution in [-0.4, -0.2) is 67.1 Å². The van der Waals surface area contributed by atoms with Crippen LogP contribution in [0.25, 0.3) is 0 Å². The molecule has 0 bridgehead atoms. The fourth-order valence-corrected chi connectivity index (χ4v) is 3.37. The van der Waals surface area contributed by atoms with Gasteiger partial charge in [0.2, 0.25) is 5.91 Å². The van der Waals surface area contributed by atoms with Gasteiger partial charge in [0, 0.05) is 44.9 Å². The molecule has 4 heterocycles. The van der Waals surface area contributed by atoms with Gasteiger partial charge in [-0.05, 0) is 0 Å². The van der Waals surface area contributed by atoms with Crippen LogP contribution in [0.1, 0.15) is 11.6 Å². The molecule has 2 aliphatic rings. The summed E-state index contributed by atoms with van der Waals surface area (Å²) in [7, 11) is 1.95. The summed E-state index contributed by atoms with van der Waals surface area (Å²) in [6.07, 6.45) is 7.30. The van der Waals surface area contributed by atoms with Crippen LogP contribution < -0.4 is 0 Å². The highest BCUT2D eigenvalue weighted by Crippen LogP contribution is 2.25. The third kappa shape index (κ3) is 2.75. The van der Waals surface area contributed by atoms with Gasteiger partial charge in [-0.2, -0.15) is 0 Å². The number of likely N-dealkylation sites (tertiary alicyclic amines) is 1. The minimum absolute atomic E-state index is 0.0362. The second-order valence-corrected chi connectivity index (χ2v) is 6.12. The van der Waals surface area contributed by atoms with E-state index in [-0.39, 0.29) is 24.7 Å². The number of fused-ring (bicyclic) bond motifs is 1. The minimum Gasteiger partial charge on any atom is -0.365 e. The number of hydrogen-bond acceptors (Lipinski definition) is 5. The quantitative estimate of drug-likeness (QED) is 0.842. The van der Waals surface area contributed by atoms with Crippen molar-refractivity contribution in [1.82, 2.24) is 29.3 Å². The summed E-state index contributed by atoms with van der Waals surface area (Å²) in [5, 5.41) is 0. The van der Waals surface area contributed by atoms with E-state index in [1.807, 2.05) is 28.9 Å². The largest absolute Gasteiger partial charge is 0.365 e. The molecule has 0 saturated carbocycles. The van der Waals surface area contributed by atoms with Gasteiger partial charge in [-0.1, -0.05) is 0 Å². The Morgan fingerprint density at radius 2 is 2.22 bits per heavy atom. The lowest BCUT2D eigenvalue weighted by Gasteiger charge is -2.36. The standard InChI is InChI=1S/C15H20N6O2/c1-19-5-4-18-14(19)9-21-11-6-20(8-13-16-2-3-17-13)7-12(11)23-10-15(21)22/h2-5,11-12H,6-10H2,1H3,(H,16,17)/t11-,12+/m1/s1. The molecule has 2 atom stereocenters. The van der Waals surface area contributed by atoms with Gasteiger partial charge < -0.3 is 19.2 Å². The van der Waals surface area contributed by atoms with Gasteiger partial charge in [-0.3, -0.25) is 9.69 Å². The number of aryl methyl sites for hydroxylation is 1. The van der Waals surface area contributed by atoms with Crippen LogP contribution in [-0.2, 0) is 29.7 Å². The zero-order chi connectivity index (χ0) is 15.8. The predicted molar refractivity (Wildman–Crippen MR) is 81.2 cm³/mol. The summed E-state index contributed by atoms with van der Waals surface area (Å²) in [5.74, 6) is 1.86. The number of imidazole rings is 2. The van der Waals surface area contributed by atoms with E-state index in [9.17, 15) is 4.79 Å². The Hall–Kier alpha value is -2.19. The lowest BCUT2D eigenvalue weighted by molar-refractivity contribution is -0.154. The van der Waals surface area contributed by atoms with E-state index in [4.69, 9.17) is 4.74 Å². The van der Waals surface area contributed by atoms with E-state index >= 15 is 0 Å². The van der Waals surface area contributed by atoms with E-state index in [1.54, 1.807) is 12.4 Å². The van der Waals surface area contributed by atoms with Crippen molar-refractivity contribution < 1.29 is 9.53 Å². The van der Waals surface area contributed by atoms with Gasteiger partial charge >= 0.3 is 0 Å². The number of hydrogen-bond donors (Lipinski definition) is 1. The predicted octanol–water partition coefficient (Wildman–Crippen LogP) is -0.245. The van der Waals surface area contributed by atoms with Crippen LogP contribution in [0.15, 0.2) is 24.8 Å². The van der Waals surface area contributed by atoms with Crippen LogP contribution >= 0.6 is 0 Å². The van der Waals surface area contributed by atoms with Gasteiger partial charge in [-0.15, -0.1) is 0 Å². The summed E-state index contributed by atoms with van der Waals surface area (Å²) in [6, 6.07) is 0.0721. The molecule has 4 rings (SSSR count). The molecule has 2 aromatic rings. The average Bonchev–Trinajstić information content (AvgIpc) is 3.25. The number of carbonyl (C=O) groups is 1. The summed E-state index contributed by atoms with van der Waals surface area (Å²) in [5.41, 5.74) is 0. The summed E-state index contributed by atoms with van der Waals surface area (Å²) >= 11 is 0. The lowest BCUT2D eigenvalue weighted by Crippen LogP contribution is -2.53. The summed E-state index contributed by atoms with van der Waals surface area (Å²) in [6.45, 7) is 3.03. The van der Waals surface area contributed by atoms with E-state index in [0.29, 0.717) is 6.54 Å². The Kier molecular flexibility index (Phi) is 3.62. The van der Waals surface area contributed by atoms with Crippen molar-refractivity contribution in [1.29, 1.82) is 0 Å². The zero-order valence-electron chi connectivity index (χ0n) is 13.1. The molecule has 0 aromatic carbocycles. The Balaban J connectivity index is 1.48. The number of rotatable bonds is 4. The molecule has 0 unspecified atom stereocenters. The molecule has 2 aromatic heterocycles. The molecular weight excluding hydrogens is 296 g/mol. The summed E-state index contributed by atoms with van der Waals surface area (Å²) in [4.78, 5) is 28.2. The molecule has 122 valence electrons. The van der Waals surface area contributed by atoms with Gasteiger partial charge in [0.05, 0.1) is 25.2 Å². The maximum absolute atomic E-state index is 12.3. The molecule has 1 amide bonds. The molecule has 2 fully saturated rings. The van der Waals surface area contributed by atoms with Gasteiger partial charge in [0.25, 0.3) is 0 Å². The highest BCUT2D eigenvalue weighted by molar-refractivity contribution is 5.78. The second kappa shape index (κ2) is 5.78. The normalized spacial score (nSPS) is 25.1. The zero-order valence-corrected chi connectivity index (χ0v) is 13.1. The van der Waals surface area contributed by atoms with Crippen molar-refractivity contribution in [3.8, 4) is 0 Å². The molecule has 8 nitrogen and oxygen atoms in total. The van der Waals surface area contributed by atoms with Crippen molar-refractivity contribution in [2.24, 2.45) is 7.05 Å². The smallest absolute Gasteiger partial charge is 0.249 e. The van der Waals surface area contributed by atoms with Crippen LogP contribution in [0.2, 0.25) is 0 Å². The Morgan fingerprint density at radius 3 is 2.96 bits per heavy atom. The number of morpholine rings is 1. The van der Waals surface area contributed by atoms with Crippen LogP contribution in [0.4, 0.5) is 0 Å². The highest BCUT2D eigenvalue weighted by Gasteiger charge is 2.43. The summed E-state index contributed by atoms with van der Waals surface area (Å²) < 4.78 is 7.70. The minimum atomic E-state index is 0.0362. The maximum atomic E-state index is 12.3. The molecule has 0 aliphatic carbocycles. The number of amides is 1. The van der Waals surface area contributed by atoms with Crippen molar-refractivity contribution in [3.05, 3.63) is 36.4 Å². The first kappa shape index (κ1) is 14.4. The highest BCUT2D eigenvalue weighted by atomic mass is 16.5. The first-order valence-electron chi connectivity index (χ1n) is 7.78. The molecular formula is C15H20N6O2. The number of ether oxygens (including phenoxy) is 1. The molecule has 2 aliphatic heterocycles. The van der Waals surface area contributed by atoms with Crippen molar-refractivity contribution in [3.63, 3.8) is 0 Å². The van der Waals surface area contributed by atoms with Crippen molar-refractivity contribution >= 4 is 5.91 Å². The number of carbonyl (C=O) groups excluding carboxylic acids is 1. The number of aromatic nitrogens is 4. The monoisotopic (exact) mass is 316 g/mol. The number of nitrogens with zero attached hydrogens (tertiary/aromatic N) is 5. The lowest BCUT2D eigenvalue weighted by atomic mass is 10.1. The molecule has 23 heavy (non-hydrogen) atoms. The van der Waals surface area contributed by atoms with Gasteiger partial charge in [0.15, 0.2) is 0 Å². The molecule has 0 radical (unpaired) electrons. The van der Waals surface area contributed by atoms with Crippen LogP contribution in [0.5, 0.6) is 0 Å². The van der Waals surface area contributed by atoms with Gasteiger partial charge in [-0.25, -0.2) is 9.97 Å².